The zero-order valence-electron chi connectivity index (χ0n) is 13.9. The van der Waals surface area contributed by atoms with Gasteiger partial charge in [-0.3, -0.25) is 9.78 Å². The van der Waals surface area contributed by atoms with E-state index in [-0.39, 0.29) is 30.4 Å². The number of piperidine rings is 1. The van der Waals surface area contributed by atoms with E-state index < -0.39 is 0 Å². The smallest absolute Gasteiger partial charge is 0.251 e. The number of pyridine rings is 2. The molecule has 0 unspecified atom stereocenters. The predicted octanol–water partition coefficient (Wildman–Crippen LogP) is 3.08. The highest BCUT2D eigenvalue weighted by atomic mass is 35.5. The normalized spacial score (nSPS) is 21.2. The molecule has 24 heavy (non-hydrogen) atoms. The lowest BCUT2D eigenvalue weighted by atomic mass is 9.83. The van der Waals surface area contributed by atoms with E-state index in [0.717, 1.165) is 42.1 Å². The summed E-state index contributed by atoms with van der Waals surface area (Å²) < 4.78 is 1.99. The van der Waals surface area contributed by atoms with Crippen molar-refractivity contribution in [1.29, 1.82) is 0 Å². The van der Waals surface area contributed by atoms with E-state index in [9.17, 15) is 4.79 Å². The number of hydrogen-bond acceptors (Lipinski definition) is 3. The Morgan fingerprint density at radius 3 is 2.71 bits per heavy atom. The van der Waals surface area contributed by atoms with Crippen LogP contribution in [-0.2, 0) is 6.54 Å². The lowest BCUT2D eigenvalue weighted by molar-refractivity contribution is 0.257. The molecule has 1 N–H and O–H groups in total. The second kappa shape index (κ2) is 7.26. The summed E-state index contributed by atoms with van der Waals surface area (Å²) in [7, 11) is 0. The standard InChI is InChI=1S/C18H21N3O.2ClH/c1-11-3-4-16(12(2)20-11)14-6-17-15-5-13(8-19-9-15)10-21(17)18(22)7-14;;/h3-4,6-7,13,15,19H,5,8-10H2,1-2H3;2*1H/t13-,15+;;/m0../s1. The largest absolute Gasteiger partial charge is 0.316 e. The summed E-state index contributed by atoms with van der Waals surface area (Å²) in [5.41, 5.74) is 5.38. The maximum absolute atomic E-state index is 12.6. The van der Waals surface area contributed by atoms with Gasteiger partial charge in [0.1, 0.15) is 0 Å². The lowest BCUT2D eigenvalue weighted by Crippen LogP contribution is -2.44. The van der Waals surface area contributed by atoms with Crippen molar-refractivity contribution >= 4 is 24.8 Å². The molecule has 2 aromatic rings. The Labute approximate surface area is 154 Å². The molecule has 4 nitrogen and oxygen atoms in total. The van der Waals surface area contributed by atoms with Crippen LogP contribution in [0, 0.1) is 19.8 Å². The van der Waals surface area contributed by atoms with Crippen LogP contribution in [0.5, 0.6) is 0 Å². The van der Waals surface area contributed by atoms with Crippen molar-refractivity contribution in [3.63, 3.8) is 0 Å². The molecule has 4 heterocycles. The van der Waals surface area contributed by atoms with Crippen LogP contribution in [0.2, 0.25) is 0 Å². The van der Waals surface area contributed by atoms with Gasteiger partial charge in [-0.2, -0.15) is 0 Å². The molecule has 1 fully saturated rings. The van der Waals surface area contributed by atoms with Crippen LogP contribution in [-0.4, -0.2) is 22.6 Å². The van der Waals surface area contributed by atoms with Crippen LogP contribution >= 0.6 is 24.8 Å². The summed E-state index contributed by atoms with van der Waals surface area (Å²) in [6.45, 7) is 6.86. The molecule has 0 radical (unpaired) electrons. The summed E-state index contributed by atoms with van der Waals surface area (Å²) in [6, 6.07) is 8.07. The minimum Gasteiger partial charge on any atom is -0.316 e. The first-order valence-corrected chi connectivity index (χ1v) is 8.02. The van der Waals surface area contributed by atoms with Gasteiger partial charge < -0.3 is 9.88 Å². The molecule has 0 aromatic carbocycles. The summed E-state index contributed by atoms with van der Waals surface area (Å²) >= 11 is 0. The monoisotopic (exact) mass is 367 g/mol. The van der Waals surface area contributed by atoms with E-state index in [4.69, 9.17) is 0 Å². The molecular formula is C18H23Cl2N3O. The van der Waals surface area contributed by atoms with Gasteiger partial charge in [0.15, 0.2) is 0 Å². The highest BCUT2D eigenvalue weighted by molar-refractivity contribution is 5.85. The minimum atomic E-state index is 0. The molecule has 2 aliphatic heterocycles. The molecule has 2 aromatic heterocycles. The van der Waals surface area contributed by atoms with Crippen molar-refractivity contribution in [1.82, 2.24) is 14.9 Å². The topological polar surface area (TPSA) is 46.9 Å². The molecule has 0 amide bonds. The molecule has 2 atom stereocenters. The number of halogens is 2. The maximum atomic E-state index is 12.6. The minimum absolute atomic E-state index is 0. The molecule has 0 saturated carbocycles. The second-order valence-electron chi connectivity index (χ2n) is 6.66. The fraction of sp³-hybridized carbons (Fsp3) is 0.444. The van der Waals surface area contributed by atoms with Gasteiger partial charge in [-0.25, -0.2) is 0 Å². The Morgan fingerprint density at radius 1 is 1.17 bits per heavy atom. The summed E-state index contributed by atoms with van der Waals surface area (Å²) in [5.74, 6) is 1.05. The van der Waals surface area contributed by atoms with Crippen molar-refractivity contribution in [2.24, 2.45) is 5.92 Å². The molecule has 0 spiro atoms. The summed E-state index contributed by atoms with van der Waals surface area (Å²) in [4.78, 5) is 17.1. The fourth-order valence-corrected chi connectivity index (χ4v) is 3.95. The predicted molar refractivity (Wildman–Crippen MR) is 102 cm³/mol. The first-order valence-electron chi connectivity index (χ1n) is 8.02. The Balaban J connectivity index is 0.00000104. The van der Waals surface area contributed by atoms with Gasteiger partial charge in [0.05, 0.1) is 0 Å². The van der Waals surface area contributed by atoms with E-state index in [1.807, 2.05) is 24.5 Å². The number of fused-ring (bicyclic) bond motifs is 4. The van der Waals surface area contributed by atoms with Crippen molar-refractivity contribution in [2.75, 3.05) is 13.1 Å². The van der Waals surface area contributed by atoms with Gasteiger partial charge in [0, 0.05) is 47.7 Å². The molecular weight excluding hydrogens is 345 g/mol. The summed E-state index contributed by atoms with van der Waals surface area (Å²) in [5, 5.41) is 3.50. The van der Waals surface area contributed by atoms with Crippen LogP contribution in [0.1, 0.15) is 29.4 Å². The van der Waals surface area contributed by atoms with Crippen molar-refractivity contribution < 1.29 is 0 Å². The van der Waals surface area contributed by atoms with Gasteiger partial charge in [-0.05, 0) is 50.4 Å². The van der Waals surface area contributed by atoms with Crippen LogP contribution < -0.4 is 10.9 Å². The van der Waals surface area contributed by atoms with Crippen LogP contribution in [0.3, 0.4) is 0 Å². The first-order chi connectivity index (χ1) is 10.6. The van der Waals surface area contributed by atoms with Crippen molar-refractivity contribution in [3.8, 4) is 11.1 Å². The number of aryl methyl sites for hydroxylation is 2. The van der Waals surface area contributed by atoms with E-state index in [1.165, 1.54) is 12.1 Å². The molecule has 0 aliphatic carbocycles. The average Bonchev–Trinajstić information content (AvgIpc) is 2.49. The summed E-state index contributed by atoms with van der Waals surface area (Å²) in [6.07, 6.45) is 1.20. The first kappa shape index (κ1) is 19.0. The molecule has 4 rings (SSSR count). The third-order valence-corrected chi connectivity index (χ3v) is 5.00. The Hall–Kier alpha value is -1.36. The van der Waals surface area contributed by atoms with Crippen LogP contribution in [0.4, 0.5) is 0 Å². The van der Waals surface area contributed by atoms with E-state index in [2.05, 4.69) is 22.4 Å². The number of rotatable bonds is 1. The molecule has 130 valence electrons. The van der Waals surface area contributed by atoms with Gasteiger partial charge in [0.25, 0.3) is 5.56 Å². The number of aromatic nitrogens is 2. The molecule has 1 saturated heterocycles. The number of nitrogens with zero attached hydrogens (tertiary/aromatic N) is 2. The van der Waals surface area contributed by atoms with Gasteiger partial charge in [-0.1, -0.05) is 6.07 Å². The maximum Gasteiger partial charge on any atom is 0.251 e. The SMILES string of the molecule is Cc1ccc(-c2cc3n(c(=O)c2)C[C@@H]2CNC[C@H]3C2)c(C)n1.Cl.Cl. The van der Waals surface area contributed by atoms with E-state index in [1.54, 1.807) is 6.07 Å². The van der Waals surface area contributed by atoms with Gasteiger partial charge in [0.2, 0.25) is 0 Å². The second-order valence-corrected chi connectivity index (χ2v) is 6.66. The highest BCUT2D eigenvalue weighted by Gasteiger charge is 2.31. The van der Waals surface area contributed by atoms with E-state index in [0.29, 0.717) is 11.8 Å². The lowest BCUT2D eigenvalue weighted by Gasteiger charge is -2.37. The third-order valence-electron chi connectivity index (χ3n) is 5.00. The Morgan fingerprint density at radius 2 is 1.96 bits per heavy atom. The highest BCUT2D eigenvalue weighted by Crippen LogP contribution is 2.34. The van der Waals surface area contributed by atoms with E-state index >= 15 is 0 Å². The molecule has 2 bridgehead atoms. The van der Waals surface area contributed by atoms with Crippen molar-refractivity contribution in [3.05, 3.63) is 51.7 Å². The van der Waals surface area contributed by atoms with Gasteiger partial charge in [-0.15, -0.1) is 24.8 Å². The molecule has 6 heteroatoms. The van der Waals surface area contributed by atoms with Crippen LogP contribution in [0.15, 0.2) is 29.1 Å². The third kappa shape index (κ3) is 3.23. The zero-order chi connectivity index (χ0) is 15.3. The number of hydrogen-bond donors (Lipinski definition) is 1. The number of nitrogens with one attached hydrogen (secondary N) is 1. The van der Waals surface area contributed by atoms with Gasteiger partial charge >= 0.3 is 0 Å². The average molecular weight is 368 g/mol. The zero-order valence-corrected chi connectivity index (χ0v) is 15.5. The quantitative estimate of drug-likeness (QED) is 0.842. The Bertz CT molecular complexity index is 803. The fourth-order valence-electron chi connectivity index (χ4n) is 3.95. The van der Waals surface area contributed by atoms with Crippen molar-refractivity contribution in [2.45, 2.75) is 32.7 Å². The molecule has 2 aliphatic rings. The van der Waals surface area contributed by atoms with Crippen LogP contribution in [0.25, 0.3) is 11.1 Å². The Kier molecular flexibility index (Phi) is 5.74.